The fraction of sp³-hybridized carbons (Fsp3) is 0.357. The summed E-state index contributed by atoms with van der Waals surface area (Å²) in [7, 11) is 0. The molecule has 1 aliphatic carbocycles. The molecule has 6 heteroatoms. The Hall–Kier alpha value is -3.22. The number of ether oxygens (including phenoxy) is 1. The number of hydrogen-bond donors (Lipinski definition) is 1. The molecule has 0 spiro atoms. The lowest BCUT2D eigenvalue weighted by Gasteiger charge is -2.30. The van der Waals surface area contributed by atoms with Crippen LogP contribution in [-0.4, -0.2) is 50.3 Å². The molecule has 174 valence electrons. The van der Waals surface area contributed by atoms with E-state index < -0.39 is 6.10 Å². The minimum atomic E-state index is -0.566. The van der Waals surface area contributed by atoms with E-state index >= 15 is 0 Å². The molecule has 3 heterocycles. The van der Waals surface area contributed by atoms with Gasteiger partial charge in [0.1, 0.15) is 12.7 Å². The molecule has 0 bridgehead atoms. The van der Waals surface area contributed by atoms with Gasteiger partial charge in [0.2, 0.25) is 5.88 Å². The molecule has 34 heavy (non-hydrogen) atoms. The topological polar surface area (TPSA) is 63.4 Å². The van der Waals surface area contributed by atoms with E-state index in [1.165, 1.54) is 35.9 Å². The number of imidazole rings is 1. The van der Waals surface area contributed by atoms with Crippen LogP contribution in [0.3, 0.4) is 0 Å². The Morgan fingerprint density at radius 3 is 2.71 bits per heavy atom. The third-order valence-electron chi connectivity index (χ3n) is 7.21. The van der Waals surface area contributed by atoms with Crippen LogP contribution in [0.4, 0.5) is 0 Å². The highest BCUT2D eigenvalue weighted by Crippen LogP contribution is 2.35. The molecule has 2 aromatic heterocycles. The van der Waals surface area contributed by atoms with Crippen molar-refractivity contribution in [2.75, 3.05) is 19.7 Å². The van der Waals surface area contributed by atoms with E-state index in [-0.39, 0.29) is 6.61 Å². The number of aliphatic hydroxyl groups excluding tert-OH is 1. The Kier molecular flexibility index (Phi) is 5.77. The van der Waals surface area contributed by atoms with Crippen molar-refractivity contribution in [2.45, 2.75) is 44.4 Å². The zero-order valence-corrected chi connectivity index (χ0v) is 19.3. The highest BCUT2D eigenvalue weighted by atomic mass is 16.5. The van der Waals surface area contributed by atoms with Crippen molar-refractivity contribution in [1.82, 2.24) is 19.4 Å². The quantitative estimate of drug-likeness (QED) is 0.441. The smallest absolute Gasteiger partial charge is 0.213 e. The van der Waals surface area contributed by atoms with Crippen molar-refractivity contribution in [3.8, 4) is 17.0 Å². The number of benzene rings is 2. The lowest BCUT2D eigenvalue weighted by atomic mass is 9.93. The summed E-state index contributed by atoms with van der Waals surface area (Å²) in [6.45, 7) is 2.65. The summed E-state index contributed by atoms with van der Waals surface area (Å²) >= 11 is 0. The second-order valence-corrected chi connectivity index (χ2v) is 9.54. The maximum absolute atomic E-state index is 10.6. The number of pyridine rings is 1. The van der Waals surface area contributed by atoms with Gasteiger partial charge in [0.15, 0.2) is 0 Å². The molecular formula is C28H30N4O2. The van der Waals surface area contributed by atoms with Gasteiger partial charge in [0.25, 0.3) is 0 Å². The Bertz CT molecular complexity index is 1300. The number of hydrogen-bond acceptors (Lipinski definition) is 5. The van der Waals surface area contributed by atoms with Crippen molar-refractivity contribution in [1.29, 1.82) is 0 Å². The second-order valence-electron chi connectivity index (χ2n) is 9.54. The fourth-order valence-electron chi connectivity index (χ4n) is 5.07. The Morgan fingerprint density at radius 2 is 1.85 bits per heavy atom. The van der Waals surface area contributed by atoms with Crippen molar-refractivity contribution in [2.24, 2.45) is 0 Å². The van der Waals surface area contributed by atoms with Crippen LogP contribution in [0.2, 0.25) is 0 Å². The Morgan fingerprint density at radius 1 is 1.00 bits per heavy atom. The van der Waals surface area contributed by atoms with Crippen molar-refractivity contribution >= 4 is 11.0 Å². The molecule has 2 aromatic carbocycles. The van der Waals surface area contributed by atoms with Gasteiger partial charge in [-0.1, -0.05) is 30.3 Å². The molecule has 1 aliphatic heterocycles. The molecule has 0 saturated heterocycles. The highest BCUT2D eigenvalue weighted by Gasteiger charge is 2.21. The normalized spacial score (nSPS) is 17.3. The van der Waals surface area contributed by atoms with Crippen molar-refractivity contribution in [3.63, 3.8) is 0 Å². The first-order chi connectivity index (χ1) is 16.7. The number of nitrogens with zero attached hydrogens (tertiary/aromatic N) is 4. The average Bonchev–Trinajstić information content (AvgIpc) is 3.24. The summed E-state index contributed by atoms with van der Waals surface area (Å²) in [4.78, 5) is 11.2. The van der Waals surface area contributed by atoms with E-state index in [0.29, 0.717) is 18.5 Å². The zero-order chi connectivity index (χ0) is 22.9. The Labute approximate surface area is 199 Å². The van der Waals surface area contributed by atoms with E-state index in [1.807, 2.05) is 18.5 Å². The largest absolute Gasteiger partial charge is 0.475 e. The number of aliphatic hydroxyl groups is 1. The molecular weight excluding hydrogens is 424 g/mol. The monoisotopic (exact) mass is 454 g/mol. The molecule has 1 N–H and O–H groups in total. The molecule has 1 atom stereocenters. The molecule has 4 aromatic rings. The third kappa shape index (κ3) is 4.31. The summed E-state index contributed by atoms with van der Waals surface area (Å²) in [5.74, 6) is 0.535. The lowest BCUT2D eigenvalue weighted by molar-refractivity contribution is 0.0622. The fourth-order valence-corrected chi connectivity index (χ4v) is 5.07. The van der Waals surface area contributed by atoms with Gasteiger partial charge in [-0.15, -0.1) is 0 Å². The molecule has 6 rings (SSSR count). The SMILES string of the molecule is OC(COc1cc(-c2ccc3ncn(C4CCC4)c3c2)ccn1)CN1CCc2ccccc2C1. The van der Waals surface area contributed by atoms with Crippen LogP contribution in [0.25, 0.3) is 22.2 Å². The maximum Gasteiger partial charge on any atom is 0.213 e. The minimum absolute atomic E-state index is 0.224. The van der Waals surface area contributed by atoms with Gasteiger partial charge in [-0.05, 0) is 66.1 Å². The predicted molar refractivity (Wildman–Crippen MR) is 133 cm³/mol. The van der Waals surface area contributed by atoms with Gasteiger partial charge in [-0.25, -0.2) is 9.97 Å². The van der Waals surface area contributed by atoms with Crippen LogP contribution in [0.1, 0.15) is 36.4 Å². The lowest BCUT2D eigenvalue weighted by Crippen LogP contribution is -2.38. The Balaban J connectivity index is 1.10. The summed E-state index contributed by atoms with van der Waals surface area (Å²) in [5, 5.41) is 10.6. The minimum Gasteiger partial charge on any atom is -0.475 e. The first-order valence-electron chi connectivity index (χ1n) is 12.3. The predicted octanol–water partition coefficient (Wildman–Crippen LogP) is 4.62. The summed E-state index contributed by atoms with van der Waals surface area (Å²) in [6, 6.07) is 19.5. The van der Waals surface area contributed by atoms with E-state index in [1.54, 1.807) is 6.20 Å². The maximum atomic E-state index is 10.6. The third-order valence-corrected chi connectivity index (χ3v) is 7.21. The highest BCUT2D eigenvalue weighted by molar-refractivity contribution is 5.82. The van der Waals surface area contributed by atoms with Gasteiger partial charge < -0.3 is 14.4 Å². The number of β-amino-alcohol motifs (C(OH)–C–C–N with tert-alkyl or cyclic N) is 1. The van der Waals surface area contributed by atoms with Crippen LogP contribution < -0.4 is 4.74 Å². The second kappa shape index (κ2) is 9.20. The molecule has 2 aliphatic rings. The van der Waals surface area contributed by atoms with Gasteiger partial charge in [0.05, 0.1) is 17.4 Å². The van der Waals surface area contributed by atoms with Crippen LogP contribution in [0.15, 0.2) is 67.1 Å². The zero-order valence-electron chi connectivity index (χ0n) is 19.3. The molecule has 0 amide bonds. The van der Waals surface area contributed by atoms with Gasteiger partial charge >= 0.3 is 0 Å². The molecule has 6 nitrogen and oxygen atoms in total. The summed E-state index contributed by atoms with van der Waals surface area (Å²) in [6.07, 6.45) is 7.96. The van der Waals surface area contributed by atoms with Gasteiger partial charge in [-0.3, -0.25) is 4.90 Å². The van der Waals surface area contributed by atoms with Crippen LogP contribution >= 0.6 is 0 Å². The first kappa shape index (κ1) is 21.3. The van der Waals surface area contributed by atoms with Crippen LogP contribution in [0.5, 0.6) is 5.88 Å². The van der Waals surface area contributed by atoms with Crippen LogP contribution in [0, 0.1) is 0 Å². The van der Waals surface area contributed by atoms with Crippen molar-refractivity contribution < 1.29 is 9.84 Å². The van der Waals surface area contributed by atoms with Gasteiger partial charge in [0, 0.05) is 37.9 Å². The molecule has 1 saturated carbocycles. The number of fused-ring (bicyclic) bond motifs is 2. The average molecular weight is 455 g/mol. The molecule has 0 radical (unpaired) electrons. The summed E-state index contributed by atoms with van der Waals surface area (Å²) < 4.78 is 8.21. The van der Waals surface area contributed by atoms with E-state index in [9.17, 15) is 5.11 Å². The number of aromatic nitrogens is 3. The van der Waals surface area contributed by atoms with Crippen LogP contribution in [-0.2, 0) is 13.0 Å². The van der Waals surface area contributed by atoms with Crippen molar-refractivity contribution in [3.05, 3.63) is 78.2 Å². The van der Waals surface area contributed by atoms with E-state index in [2.05, 4.69) is 61.9 Å². The standard InChI is InChI=1S/C28H30N4O2/c33-25(17-31-13-11-20-4-1-2-5-23(20)16-31)18-34-28-15-22(10-12-29-28)21-8-9-26-27(14-21)32(19-30-26)24-6-3-7-24/h1-2,4-5,8-10,12,14-15,19,24-25,33H,3,6-7,11,13,16-18H2. The van der Waals surface area contributed by atoms with E-state index in [4.69, 9.17) is 4.74 Å². The number of rotatable bonds is 7. The molecule has 1 unspecified atom stereocenters. The van der Waals surface area contributed by atoms with Gasteiger partial charge in [-0.2, -0.15) is 0 Å². The first-order valence-corrected chi connectivity index (χ1v) is 12.3. The van der Waals surface area contributed by atoms with E-state index in [0.717, 1.165) is 36.2 Å². The summed E-state index contributed by atoms with van der Waals surface area (Å²) in [5.41, 5.74) is 7.15. The molecule has 1 fully saturated rings.